The van der Waals surface area contributed by atoms with Crippen molar-refractivity contribution in [3.8, 4) is 0 Å². The maximum absolute atomic E-state index is 13.7. The number of rotatable bonds is 12. The van der Waals surface area contributed by atoms with Crippen LogP contribution in [0.4, 0.5) is 20.6 Å². The van der Waals surface area contributed by atoms with Crippen molar-refractivity contribution >= 4 is 35.2 Å². The van der Waals surface area contributed by atoms with Crippen molar-refractivity contribution < 1.29 is 33.4 Å². The van der Waals surface area contributed by atoms with Gasteiger partial charge in [0.1, 0.15) is 5.82 Å². The Labute approximate surface area is 219 Å². The predicted octanol–water partition coefficient (Wildman–Crippen LogP) is 1.76. The number of carbonyl (C=O) groups excluding carboxylic acids is 3. The second-order valence-corrected chi connectivity index (χ2v) is 8.70. The number of para-hydroxylation sites is 1. The fraction of sp³-hybridized carbons (Fsp3) is 0.385. The van der Waals surface area contributed by atoms with Gasteiger partial charge in [0, 0.05) is 38.4 Å². The van der Waals surface area contributed by atoms with Gasteiger partial charge in [-0.3, -0.25) is 19.3 Å². The molecule has 0 aromatic heterocycles. The van der Waals surface area contributed by atoms with Gasteiger partial charge < -0.3 is 30.7 Å². The summed E-state index contributed by atoms with van der Waals surface area (Å²) in [6, 6.07) is 11.8. The van der Waals surface area contributed by atoms with E-state index in [9.17, 15) is 23.6 Å². The molecule has 1 heterocycles. The average molecular weight is 530 g/mol. The molecule has 0 atom stereocenters. The summed E-state index contributed by atoms with van der Waals surface area (Å²) in [6.07, 6.45) is -0.167. The molecule has 0 spiro atoms. The maximum atomic E-state index is 13.7. The minimum Gasteiger partial charge on any atom is -0.481 e. The molecule has 12 heteroatoms. The molecule has 1 aliphatic heterocycles. The van der Waals surface area contributed by atoms with E-state index in [-0.39, 0.29) is 37.5 Å². The predicted molar refractivity (Wildman–Crippen MR) is 138 cm³/mol. The van der Waals surface area contributed by atoms with Crippen molar-refractivity contribution in [1.29, 1.82) is 0 Å². The van der Waals surface area contributed by atoms with Crippen LogP contribution in [0.25, 0.3) is 0 Å². The molecular formula is C26H32FN5O6. The first-order chi connectivity index (χ1) is 18.3. The number of hydrogen-bond donors (Lipinski definition) is 4. The quantitative estimate of drug-likeness (QED) is 0.328. The van der Waals surface area contributed by atoms with Gasteiger partial charge in [-0.1, -0.05) is 24.3 Å². The van der Waals surface area contributed by atoms with Gasteiger partial charge >= 0.3 is 12.0 Å². The van der Waals surface area contributed by atoms with Crippen molar-refractivity contribution in [2.75, 3.05) is 63.1 Å². The number of amides is 4. The highest BCUT2D eigenvalue weighted by atomic mass is 19.1. The van der Waals surface area contributed by atoms with Crippen LogP contribution in [0.3, 0.4) is 0 Å². The number of anilines is 2. The first-order valence-corrected chi connectivity index (χ1v) is 12.3. The van der Waals surface area contributed by atoms with Crippen LogP contribution >= 0.6 is 0 Å². The Kier molecular flexibility index (Phi) is 11.0. The monoisotopic (exact) mass is 529 g/mol. The number of nitrogens with zero attached hydrogens (tertiary/aromatic N) is 2. The van der Waals surface area contributed by atoms with E-state index in [1.165, 1.54) is 23.1 Å². The Balaban J connectivity index is 1.55. The molecular weight excluding hydrogens is 497 g/mol. The molecule has 11 nitrogen and oxygen atoms in total. The maximum Gasteiger partial charge on any atom is 0.323 e. The second kappa shape index (κ2) is 14.6. The molecule has 4 N–H and O–H groups in total. The van der Waals surface area contributed by atoms with Crippen molar-refractivity contribution in [2.45, 2.75) is 12.8 Å². The number of morpholine rings is 1. The first-order valence-electron chi connectivity index (χ1n) is 12.3. The fourth-order valence-corrected chi connectivity index (χ4v) is 3.76. The smallest absolute Gasteiger partial charge is 0.323 e. The van der Waals surface area contributed by atoms with Gasteiger partial charge in [0.2, 0.25) is 11.8 Å². The van der Waals surface area contributed by atoms with Crippen LogP contribution in [0.15, 0.2) is 48.5 Å². The van der Waals surface area contributed by atoms with E-state index < -0.39 is 23.7 Å². The third-order valence-electron chi connectivity index (χ3n) is 5.83. The summed E-state index contributed by atoms with van der Waals surface area (Å²) in [4.78, 5) is 51.9. The van der Waals surface area contributed by atoms with Gasteiger partial charge in [-0.05, 0) is 29.8 Å². The Hall–Kier alpha value is -4.03. The third-order valence-corrected chi connectivity index (χ3v) is 5.83. The molecule has 2 aromatic carbocycles. The van der Waals surface area contributed by atoms with Crippen molar-refractivity contribution in [2.24, 2.45) is 0 Å². The number of benzene rings is 2. The van der Waals surface area contributed by atoms with Gasteiger partial charge in [-0.15, -0.1) is 0 Å². The van der Waals surface area contributed by atoms with Crippen molar-refractivity contribution in [3.63, 3.8) is 0 Å². The van der Waals surface area contributed by atoms with Gasteiger partial charge in [0.25, 0.3) is 0 Å². The fourth-order valence-electron chi connectivity index (χ4n) is 3.76. The lowest BCUT2D eigenvalue weighted by Gasteiger charge is -2.30. The Morgan fingerprint density at radius 3 is 2.39 bits per heavy atom. The van der Waals surface area contributed by atoms with E-state index in [0.717, 1.165) is 13.1 Å². The zero-order valence-electron chi connectivity index (χ0n) is 21.0. The molecule has 38 heavy (non-hydrogen) atoms. The molecule has 4 amide bonds. The van der Waals surface area contributed by atoms with Gasteiger partial charge in [-0.2, -0.15) is 0 Å². The number of carboxylic acid groups (broad SMARTS) is 1. The molecule has 0 radical (unpaired) electrons. The number of aliphatic carboxylic acids is 1. The first kappa shape index (κ1) is 28.5. The van der Waals surface area contributed by atoms with E-state index in [0.29, 0.717) is 37.6 Å². The lowest BCUT2D eigenvalue weighted by molar-refractivity contribution is -0.138. The molecule has 2 aromatic rings. The average Bonchev–Trinajstić information content (AvgIpc) is 2.89. The minimum absolute atomic E-state index is 0.0153. The molecule has 0 bridgehead atoms. The van der Waals surface area contributed by atoms with Gasteiger partial charge in [0.05, 0.1) is 38.3 Å². The number of urea groups is 1. The number of halogens is 1. The molecule has 0 unspecified atom stereocenters. The number of ether oxygens (including phenoxy) is 1. The second-order valence-electron chi connectivity index (χ2n) is 8.70. The standard InChI is InChI=1S/C26H32FN5O6/c27-21-3-1-2-4-22(21)30-26(37)29-20-7-5-19(6-8-20)17-24(34)32(12-11-31-13-15-38-16-14-31)18-23(33)28-10-9-25(35)36/h1-8H,9-18H2,(H,28,33)(H,35,36)(H2,29,30,37). The molecule has 1 saturated heterocycles. The highest BCUT2D eigenvalue weighted by Crippen LogP contribution is 2.15. The van der Waals surface area contributed by atoms with Crippen LogP contribution < -0.4 is 16.0 Å². The van der Waals surface area contributed by atoms with Gasteiger partial charge in [0.15, 0.2) is 0 Å². The van der Waals surface area contributed by atoms with E-state index >= 15 is 0 Å². The number of hydrogen-bond acceptors (Lipinski definition) is 6. The normalized spacial score (nSPS) is 13.4. The highest BCUT2D eigenvalue weighted by molar-refractivity contribution is 5.99. The Morgan fingerprint density at radius 1 is 1.00 bits per heavy atom. The third kappa shape index (κ3) is 9.79. The van der Waals surface area contributed by atoms with Crippen molar-refractivity contribution in [1.82, 2.24) is 15.1 Å². The molecule has 0 saturated carbocycles. The largest absolute Gasteiger partial charge is 0.481 e. The summed E-state index contributed by atoms with van der Waals surface area (Å²) in [5.74, 6) is -2.26. The van der Waals surface area contributed by atoms with Crippen LogP contribution in [-0.2, 0) is 25.5 Å². The summed E-state index contributed by atoms with van der Waals surface area (Å²) in [5, 5.41) is 16.3. The van der Waals surface area contributed by atoms with E-state index in [1.807, 2.05) is 0 Å². The lowest BCUT2D eigenvalue weighted by atomic mass is 10.1. The van der Waals surface area contributed by atoms with Crippen LogP contribution in [0.2, 0.25) is 0 Å². The Bertz CT molecular complexity index is 1110. The summed E-state index contributed by atoms with van der Waals surface area (Å²) in [6.45, 7) is 3.43. The molecule has 3 rings (SSSR count). The Morgan fingerprint density at radius 2 is 1.71 bits per heavy atom. The summed E-state index contributed by atoms with van der Waals surface area (Å²) < 4.78 is 19.1. The van der Waals surface area contributed by atoms with Crippen LogP contribution in [0.1, 0.15) is 12.0 Å². The highest BCUT2D eigenvalue weighted by Gasteiger charge is 2.20. The molecule has 204 valence electrons. The van der Waals surface area contributed by atoms with Crippen LogP contribution in [-0.4, -0.2) is 91.2 Å². The van der Waals surface area contributed by atoms with E-state index in [2.05, 4.69) is 20.9 Å². The van der Waals surface area contributed by atoms with Crippen molar-refractivity contribution in [3.05, 3.63) is 59.9 Å². The summed E-state index contributed by atoms with van der Waals surface area (Å²) in [7, 11) is 0. The van der Waals surface area contributed by atoms with E-state index in [4.69, 9.17) is 9.84 Å². The van der Waals surface area contributed by atoms with Crippen LogP contribution in [0.5, 0.6) is 0 Å². The zero-order valence-corrected chi connectivity index (χ0v) is 21.0. The lowest BCUT2D eigenvalue weighted by Crippen LogP contribution is -2.47. The van der Waals surface area contributed by atoms with E-state index in [1.54, 1.807) is 30.3 Å². The summed E-state index contributed by atoms with van der Waals surface area (Å²) in [5.41, 5.74) is 1.19. The van der Waals surface area contributed by atoms with Crippen LogP contribution in [0, 0.1) is 5.82 Å². The topological polar surface area (TPSA) is 140 Å². The molecule has 1 fully saturated rings. The molecule has 1 aliphatic rings. The number of nitrogens with one attached hydrogen (secondary N) is 3. The number of carboxylic acids is 1. The van der Waals surface area contributed by atoms with Gasteiger partial charge in [-0.25, -0.2) is 9.18 Å². The number of carbonyl (C=O) groups is 4. The molecule has 0 aliphatic carbocycles. The zero-order chi connectivity index (χ0) is 27.3. The summed E-state index contributed by atoms with van der Waals surface area (Å²) >= 11 is 0. The minimum atomic E-state index is -1.02. The SMILES string of the molecule is O=C(O)CCNC(=O)CN(CCN1CCOCC1)C(=O)Cc1ccc(NC(=O)Nc2ccccc2F)cc1.